The molecule has 1 aromatic rings. The average Bonchev–Trinajstić information content (AvgIpc) is 2.76. The van der Waals surface area contributed by atoms with Crippen LogP contribution < -0.4 is 10.6 Å². The van der Waals surface area contributed by atoms with Crippen LogP contribution in [0.25, 0.3) is 0 Å². The number of thioether (sulfide) groups is 1. The summed E-state index contributed by atoms with van der Waals surface area (Å²) in [7, 11) is 0. The summed E-state index contributed by atoms with van der Waals surface area (Å²) in [5, 5.41) is 1.45. The second kappa shape index (κ2) is 5.77. The van der Waals surface area contributed by atoms with Gasteiger partial charge < -0.3 is 10.6 Å². The van der Waals surface area contributed by atoms with Crippen LogP contribution in [0, 0.1) is 0 Å². The molecule has 1 saturated heterocycles. The van der Waals surface area contributed by atoms with E-state index in [1.54, 1.807) is 0 Å². The topological polar surface area (TPSA) is 29.3 Å². The van der Waals surface area contributed by atoms with E-state index in [9.17, 15) is 0 Å². The van der Waals surface area contributed by atoms with Crippen molar-refractivity contribution in [2.45, 2.75) is 12.8 Å². The highest BCUT2D eigenvalue weighted by Gasteiger charge is 2.12. The standard InChI is InChI=1S/C11H18N2S2/c12-5-1-2-10-3-4-11(15-10)13-6-8-14-9-7-13/h3-4H,1-2,5-9,12H2. The van der Waals surface area contributed by atoms with Crippen molar-refractivity contribution in [1.82, 2.24) is 0 Å². The molecule has 2 rings (SSSR count). The first-order valence-electron chi connectivity index (χ1n) is 5.51. The van der Waals surface area contributed by atoms with Crippen LogP contribution in [0.5, 0.6) is 0 Å². The number of nitrogens with zero attached hydrogens (tertiary/aromatic N) is 1. The normalized spacial score (nSPS) is 17.0. The zero-order chi connectivity index (χ0) is 10.5. The lowest BCUT2D eigenvalue weighted by Crippen LogP contribution is -2.31. The highest BCUT2D eigenvalue weighted by molar-refractivity contribution is 7.99. The Hall–Kier alpha value is -0.190. The largest absolute Gasteiger partial charge is 0.362 e. The minimum atomic E-state index is 0.799. The van der Waals surface area contributed by atoms with Gasteiger partial charge in [-0.2, -0.15) is 11.8 Å². The van der Waals surface area contributed by atoms with E-state index >= 15 is 0 Å². The van der Waals surface area contributed by atoms with Crippen molar-refractivity contribution in [3.63, 3.8) is 0 Å². The van der Waals surface area contributed by atoms with Crippen molar-refractivity contribution < 1.29 is 0 Å². The van der Waals surface area contributed by atoms with Crippen molar-refractivity contribution in [1.29, 1.82) is 0 Å². The minimum absolute atomic E-state index is 0.799. The summed E-state index contributed by atoms with van der Waals surface area (Å²) in [4.78, 5) is 3.99. The van der Waals surface area contributed by atoms with Gasteiger partial charge in [-0.3, -0.25) is 0 Å². The second-order valence-corrected chi connectivity index (χ2v) is 6.10. The van der Waals surface area contributed by atoms with Crippen molar-refractivity contribution in [2.75, 3.05) is 36.0 Å². The number of nitrogens with two attached hydrogens (primary N) is 1. The van der Waals surface area contributed by atoms with Crippen molar-refractivity contribution >= 4 is 28.1 Å². The predicted octanol–water partition coefficient (Wildman–Crippen LogP) is 2.19. The van der Waals surface area contributed by atoms with Crippen LogP contribution in [0.3, 0.4) is 0 Å². The van der Waals surface area contributed by atoms with Gasteiger partial charge in [-0.25, -0.2) is 0 Å². The zero-order valence-electron chi connectivity index (χ0n) is 8.95. The number of anilines is 1. The molecule has 4 heteroatoms. The molecule has 0 saturated carbocycles. The summed E-state index contributed by atoms with van der Waals surface area (Å²) in [6, 6.07) is 4.53. The Labute approximate surface area is 99.8 Å². The quantitative estimate of drug-likeness (QED) is 0.877. The SMILES string of the molecule is NCCCc1ccc(N2CCSCC2)s1. The molecule has 0 aliphatic carbocycles. The average molecular weight is 242 g/mol. The van der Waals surface area contributed by atoms with Crippen LogP contribution in [-0.4, -0.2) is 31.1 Å². The van der Waals surface area contributed by atoms with Crippen LogP contribution in [0.2, 0.25) is 0 Å². The maximum absolute atomic E-state index is 5.52. The zero-order valence-corrected chi connectivity index (χ0v) is 10.6. The van der Waals surface area contributed by atoms with Crippen LogP contribution >= 0.6 is 23.1 Å². The van der Waals surface area contributed by atoms with E-state index in [0.29, 0.717) is 0 Å². The highest BCUT2D eigenvalue weighted by Crippen LogP contribution is 2.28. The number of hydrogen-bond donors (Lipinski definition) is 1. The summed E-state index contributed by atoms with van der Waals surface area (Å²) < 4.78 is 0. The molecule has 2 N–H and O–H groups in total. The first-order chi connectivity index (χ1) is 7.40. The van der Waals surface area contributed by atoms with E-state index in [-0.39, 0.29) is 0 Å². The van der Waals surface area contributed by atoms with Crippen molar-refractivity contribution in [2.24, 2.45) is 5.73 Å². The fourth-order valence-electron chi connectivity index (χ4n) is 1.73. The van der Waals surface area contributed by atoms with Gasteiger partial charge in [0.1, 0.15) is 0 Å². The van der Waals surface area contributed by atoms with E-state index in [2.05, 4.69) is 28.8 Å². The van der Waals surface area contributed by atoms with Gasteiger partial charge in [0.15, 0.2) is 0 Å². The molecule has 0 amide bonds. The fourth-order valence-corrected chi connectivity index (χ4v) is 3.73. The molecule has 2 heterocycles. The summed E-state index contributed by atoms with van der Waals surface area (Å²) in [5.74, 6) is 2.55. The Morgan fingerprint density at radius 3 is 2.80 bits per heavy atom. The lowest BCUT2D eigenvalue weighted by atomic mass is 10.3. The Morgan fingerprint density at radius 2 is 2.07 bits per heavy atom. The summed E-state index contributed by atoms with van der Waals surface area (Å²) in [5.41, 5.74) is 5.52. The molecule has 2 nitrogen and oxygen atoms in total. The van der Waals surface area contributed by atoms with Crippen molar-refractivity contribution in [3.05, 3.63) is 17.0 Å². The molecular weight excluding hydrogens is 224 g/mol. The van der Waals surface area contributed by atoms with Gasteiger partial charge in [0.05, 0.1) is 5.00 Å². The molecule has 0 atom stereocenters. The van der Waals surface area contributed by atoms with Gasteiger partial charge in [0, 0.05) is 29.5 Å². The molecule has 1 fully saturated rings. The Bertz CT molecular complexity index is 293. The Balaban J connectivity index is 1.93. The summed E-state index contributed by atoms with van der Waals surface area (Å²) in [6.45, 7) is 3.22. The lowest BCUT2D eigenvalue weighted by Gasteiger charge is -2.26. The third kappa shape index (κ3) is 3.13. The molecule has 1 aliphatic rings. The Kier molecular flexibility index (Phi) is 4.35. The number of thiophene rings is 1. The fraction of sp³-hybridized carbons (Fsp3) is 0.636. The Morgan fingerprint density at radius 1 is 1.27 bits per heavy atom. The molecule has 1 aliphatic heterocycles. The maximum Gasteiger partial charge on any atom is 0.0911 e. The molecule has 0 aromatic carbocycles. The third-order valence-corrected chi connectivity index (χ3v) is 4.75. The van der Waals surface area contributed by atoms with E-state index in [1.807, 2.05) is 11.3 Å². The molecule has 15 heavy (non-hydrogen) atoms. The van der Waals surface area contributed by atoms with E-state index in [4.69, 9.17) is 5.73 Å². The summed E-state index contributed by atoms with van der Waals surface area (Å²) >= 11 is 4.00. The number of aryl methyl sites for hydroxylation is 1. The van der Waals surface area contributed by atoms with Crippen LogP contribution in [0.1, 0.15) is 11.3 Å². The monoisotopic (exact) mass is 242 g/mol. The molecule has 84 valence electrons. The van der Waals surface area contributed by atoms with Crippen LogP contribution in [-0.2, 0) is 6.42 Å². The number of rotatable bonds is 4. The van der Waals surface area contributed by atoms with E-state index < -0.39 is 0 Å². The van der Waals surface area contributed by atoms with Gasteiger partial charge in [-0.15, -0.1) is 11.3 Å². The molecule has 0 bridgehead atoms. The third-order valence-electron chi connectivity index (χ3n) is 2.60. The molecular formula is C11H18N2S2. The first-order valence-corrected chi connectivity index (χ1v) is 7.49. The summed E-state index contributed by atoms with van der Waals surface area (Å²) in [6.07, 6.45) is 2.25. The van der Waals surface area contributed by atoms with Gasteiger partial charge in [0.2, 0.25) is 0 Å². The van der Waals surface area contributed by atoms with Crippen molar-refractivity contribution in [3.8, 4) is 0 Å². The van der Waals surface area contributed by atoms with Gasteiger partial charge in [-0.1, -0.05) is 0 Å². The lowest BCUT2D eigenvalue weighted by molar-refractivity contribution is 0.843. The molecule has 0 spiro atoms. The molecule has 0 radical (unpaired) electrons. The van der Waals surface area contributed by atoms with E-state index in [0.717, 1.165) is 19.4 Å². The minimum Gasteiger partial charge on any atom is -0.362 e. The smallest absolute Gasteiger partial charge is 0.0911 e. The van der Waals surface area contributed by atoms with Crippen LogP contribution in [0.4, 0.5) is 5.00 Å². The van der Waals surface area contributed by atoms with Gasteiger partial charge >= 0.3 is 0 Å². The highest BCUT2D eigenvalue weighted by atomic mass is 32.2. The second-order valence-electron chi connectivity index (χ2n) is 3.73. The maximum atomic E-state index is 5.52. The predicted molar refractivity (Wildman–Crippen MR) is 71.2 cm³/mol. The molecule has 0 unspecified atom stereocenters. The first kappa shape index (κ1) is 11.3. The van der Waals surface area contributed by atoms with Gasteiger partial charge in [0.25, 0.3) is 0 Å². The van der Waals surface area contributed by atoms with E-state index in [1.165, 1.54) is 34.5 Å². The van der Waals surface area contributed by atoms with Crippen LogP contribution in [0.15, 0.2) is 12.1 Å². The number of hydrogen-bond acceptors (Lipinski definition) is 4. The van der Waals surface area contributed by atoms with Gasteiger partial charge in [-0.05, 0) is 31.5 Å². The molecule has 1 aromatic heterocycles.